The Hall–Kier alpha value is -2.31. The largest absolute Gasteiger partial charge is 0.381 e. The van der Waals surface area contributed by atoms with Crippen LogP contribution >= 0.6 is 0 Å². The van der Waals surface area contributed by atoms with Crippen LogP contribution in [0.2, 0.25) is 0 Å². The van der Waals surface area contributed by atoms with Crippen LogP contribution in [0.5, 0.6) is 0 Å². The molecular formula is C24H30F2N2O2. The van der Waals surface area contributed by atoms with Crippen LogP contribution in [0.4, 0.5) is 8.78 Å². The quantitative estimate of drug-likeness (QED) is 0.760. The molecule has 1 aliphatic heterocycles. The topological polar surface area (TPSA) is 41.6 Å². The summed E-state index contributed by atoms with van der Waals surface area (Å²) in [5.74, 6) is -0.671. The number of hydrogen-bond acceptors (Lipinski definition) is 3. The van der Waals surface area contributed by atoms with E-state index in [1.165, 1.54) is 24.3 Å². The molecule has 30 heavy (non-hydrogen) atoms. The van der Waals surface area contributed by atoms with E-state index in [1.807, 2.05) is 26.8 Å². The summed E-state index contributed by atoms with van der Waals surface area (Å²) < 4.78 is 32.6. The van der Waals surface area contributed by atoms with Crippen molar-refractivity contribution < 1.29 is 18.3 Å². The molecule has 0 saturated carbocycles. The summed E-state index contributed by atoms with van der Waals surface area (Å²) in [7, 11) is 0. The average molecular weight is 417 g/mol. The molecule has 1 aliphatic rings. The van der Waals surface area contributed by atoms with E-state index < -0.39 is 11.1 Å². The molecule has 1 fully saturated rings. The van der Waals surface area contributed by atoms with Crippen molar-refractivity contribution in [2.45, 2.75) is 51.2 Å². The third-order valence-electron chi connectivity index (χ3n) is 5.66. The van der Waals surface area contributed by atoms with Crippen molar-refractivity contribution in [2.24, 2.45) is 0 Å². The minimum absolute atomic E-state index is 0.0697. The van der Waals surface area contributed by atoms with Gasteiger partial charge >= 0.3 is 0 Å². The maximum Gasteiger partial charge on any atom is 0.237 e. The second-order valence-corrected chi connectivity index (χ2v) is 8.84. The van der Waals surface area contributed by atoms with Gasteiger partial charge in [-0.05, 0) is 69.0 Å². The molecular weight excluding hydrogens is 386 g/mol. The third-order valence-corrected chi connectivity index (χ3v) is 5.66. The second kappa shape index (κ2) is 9.23. The molecule has 0 radical (unpaired) electrons. The molecule has 162 valence electrons. The first kappa shape index (κ1) is 22.4. The van der Waals surface area contributed by atoms with Crippen LogP contribution < -0.4 is 5.32 Å². The molecule has 0 atom stereocenters. The number of ether oxygens (including phenoxy) is 1. The number of benzene rings is 2. The highest BCUT2D eigenvalue weighted by atomic mass is 19.1. The Balaban J connectivity index is 1.77. The third kappa shape index (κ3) is 5.43. The molecule has 3 rings (SSSR count). The van der Waals surface area contributed by atoms with Crippen LogP contribution in [-0.4, -0.2) is 36.1 Å². The summed E-state index contributed by atoms with van der Waals surface area (Å²) >= 11 is 0. The van der Waals surface area contributed by atoms with E-state index in [0.29, 0.717) is 32.6 Å². The van der Waals surface area contributed by atoms with E-state index in [2.05, 4.69) is 5.32 Å². The zero-order chi connectivity index (χ0) is 21.8. The summed E-state index contributed by atoms with van der Waals surface area (Å²) in [6, 6.07) is 12.8. The lowest BCUT2D eigenvalue weighted by atomic mass is 9.82. The van der Waals surface area contributed by atoms with Gasteiger partial charge in [0.05, 0.1) is 6.54 Å². The number of nitrogens with zero attached hydrogens (tertiary/aromatic N) is 1. The maximum atomic E-state index is 13.6. The minimum atomic E-state index is -0.440. The smallest absolute Gasteiger partial charge is 0.237 e. The Kier molecular flexibility index (Phi) is 6.88. The van der Waals surface area contributed by atoms with Gasteiger partial charge in [0.1, 0.15) is 11.6 Å². The fourth-order valence-corrected chi connectivity index (χ4v) is 3.91. The summed E-state index contributed by atoms with van der Waals surface area (Å²) in [6.07, 6.45) is 1.40. The first-order valence-electron chi connectivity index (χ1n) is 10.3. The van der Waals surface area contributed by atoms with Gasteiger partial charge in [-0.1, -0.05) is 24.3 Å². The van der Waals surface area contributed by atoms with Crippen molar-refractivity contribution in [1.29, 1.82) is 0 Å². The Morgan fingerprint density at radius 1 is 1.07 bits per heavy atom. The van der Waals surface area contributed by atoms with Crippen LogP contribution in [0.1, 0.15) is 44.7 Å². The van der Waals surface area contributed by atoms with Crippen LogP contribution in [0.15, 0.2) is 48.5 Å². The Labute approximate surface area is 177 Å². The number of rotatable bonds is 6. The second-order valence-electron chi connectivity index (χ2n) is 8.84. The van der Waals surface area contributed by atoms with Crippen LogP contribution in [0.25, 0.3) is 0 Å². The van der Waals surface area contributed by atoms with Crippen LogP contribution in [0, 0.1) is 11.6 Å². The fraction of sp³-hybridized carbons (Fsp3) is 0.458. The predicted molar refractivity (Wildman–Crippen MR) is 113 cm³/mol. The summed E-state index contributed by atoms with van der Waals surface area (Å²) in [5, 5.41) is 3.45. The molecule has 0 spiro atoms. The molecule has 4 nitrogen and oxygen atoms in total. The minimum Gasteiger partial charge on any atom is -0.381 e. The molecule has 0 aliphatic carbocycles. The van der Waals surface area contributed by atoms with Crippen molar-refractivity contribution >= 4 is 5.91 Å². The van der Waals surface area contributed by atoms with E-state index in [-0.39, 0.29) is 24.1 Å². The van der Waals surface area contributed by atoms with E-state index in [1.54, 1.807) is 23.1 Å². The summed E-state index contributed by atoms with van der Waals surface area (Å²) in [4.78, 5) is 15.0. The van der Waals surface area contributed by atoms with Crippen molar-refractivity contribution in [3.63, 3.8) is 0 Å². The average Bonchev–Trinajstić information content (AvgIpc) is 2.71. The highest BCUT2D eigenvalue weighted by molar-refractivity contribution is 5.79. The standard InChI is InChI=1S/C24H30F2N2O2/c1-23(2,3)28(17-18-5-4-6-21(26)15-18)22(29)16-27-24(11-13-30-14-12-24)19-7-9-20(25)10-8-19/h4-10,15,27H,11-14,16-17H2,1-3H3. The van der Waals surface area contributed by atoms with Crippen molar-refractivity contribution in [1.82, 2.24) is 10.2 Å². The molecule has 1 N–H and O–H groups in total. The molecule has 2 aromatic rings. The molecule has 1 amide bonds. The van der Waals surface area contributed by atoms with Gasteiger partial charge in [0, 0.05) is 30.8 Å². The molecule has 6 heteroatoms. The first-order chi connectivity index (χ1) is 14.2. The lowest BCUT2D eigenvalue weighted by Gasteiger charge is -2.41. The summed E-state index contributed by atoms with van der Waals surface area (Å²) in [5.41, 5.74) is 0.832. The van der Waals surface area contributed by atoms with Gasteiger partial charge in [0.25, 0.3) is 0 Å². The van der Waals surface area contributed by atoms with E-state index in [9.17, 15) is 13.6 Å². The number of hydrogen-bond donors (Lipinski definition) is 1. The van der Waals surface area contributed by atoms with Gasteiger partial charge in [-0.3, -0.25) is 10.1 Å². The molecule has 1 saturated heterocycles. The Morgan fingerprint density at radius 2 is 1.73 bits per heavy atom. The predicted octanol–water partition coefficient (Wildman–Crippen LogP) is 4.39. The van der Waals surface area contributed by atoms with Crippen LogP contribution in [0.3, 0.4) is 0 Å². The normalized spacial score (nSPS) is 16.3. The van der Waals surface area contributed by atoms with Gasteiger partial charge in [-0.2, -0.15) is 0 Å². The van der Waals surface area contributed by atoms with E-state index in [0.717, 1.165) is 11.1 Å². The SMILES string of the molecule is CC(C)(C)N(Cc1cccc(F)c1)C(=O)CNC1(c2ccc(F)cc2)CCOCC1. The maximum absolute atomic E-state index is 13.6. The number of amides is 1. The van der Waals surface area contributed by atoms with Gasteiger partial charge in [0.2, 0.25) is 5.91 Å². The monoisotopic (exact) mass is 416 g/mol. The molecule has 0 aromatic heterocycles. The van der Waals surface area contributed by atoms with E-state index >= 15 is 0 Å². The highest BCUT2D eigenvalue weighted by Gasteiger charge is 2.36. The molecule has 0 bridgehead atoms. The van der Waals surface area contributed by atoms with Crippen molar-refractivity contribution in [2.75, 3.05) is 19.8 Å². The number of carbonyl (C=O) groups is 1. The lowest BCUT2D eigenvalue weighted by Crippen LogP contribution is -2.53. The van der Waals surface area contributed by atoms with Crippen molar-refractivity contribution in [3.05, 3.63) is 71.3 Å². The van der Waals surface area contributed by atoms with E-state index in [4.69, 9.17) is 4.74 Å². The Bertz CT molecular complexity index is 856. The molecule has 2 aromatic carbocycles. The highest BCUT2D eigenvalue weighted by Crippen LogP contribution is 2.32. The number of nitrogens with one attached hydrogen (secondary N) is 1. The van der Waals surface area contributed by atoms with Gasteiger partial charge in [-0.15, -0.1) is 0 Å². The summed E-state index contributed by atoms with van der Waals surface area (Å²) in [6.45, 7) is 7.51. The van der Waals surface area contributed by atoms with Crippen LogP contribution in [-0.2, 0) is 21.6 Å². The first-order valence-corrected chi connectivity index (χ1v) is 10.3. The van der Waals surface area contributed by atoms with Gasteiger partial charge < -0.3 is 9.64 Å². The zero-order valence-corrected chi connectivity index (χ0v) is 17.9. The van der Waals surface area contributed by atoms with Gasteiger partial charge in [-0.25, -0.2) is 8.78 Å². The van der Waals surface area contributed by atoms with Crippen molar-refractivity contribution in [3.8, 4) is 0 Å². The molecule has 0 unspecified atom stereocenters. The zero-order valence-electron chi connectivity index (χ0n) is 17.9. The number of halogens is 2. The molecule has 1 heterocycles. The van der Waals surface area contributed by atoms with Gasteiger partial charge in [0.15, 0.2) is 0 Å². The fourth-order valence-electron chi connectivity index (χ4n) is 3.91. The lowest BCUT2D eigenvalue weighted by molar-refractivity contribution is -0.136. The Morgan fingerprint density at radius 3 is 2.33 bits per heavy atom. The number of carbonyl (C=O) groups excluding carboxylic acids is 1.